The summed E-state index contributed by atoms with van der Waals surface area (Å²) in [4.78, 5) is 38.9. The Morgan fingerprint density at radius 1 is 1.10 bits per heavy atom. The van der Waals surface area contributed by atoms with Crippen LogP contribution in [0.25, 0.3) is 10.6 Å². The van der Waals surface area contributed by atoms with Crippen LogP contribution in [0.2, 0.25) is 0 Å². The number of amides is 2. The first kappa shape index (κ1) is 31.1. The second-order valence-electron chi connectivity index (χ2n) is 10.9. The van der Waals surface area contributed by atoms with Crippen LogP contribution in [0, 0.1) is 6.92 Å². The molecule has 14 heteroatoms. The molecule has 1 saturated heterocycles. The number of carbonyl (C=O) groups excluding carboxylic acids is 2. The highest BCUT2D eigenvalue weighted by atomic mass is 32.1. The molecule has 3 unspecified atom stereocenters. The maximum Gasteiger partial charge on any atom is 0.451 e. The van der Waals surface area contributed by atoms with Crippen LogP contribution in [0.5, 0.6) is 5.75 Å². The van der Waals surface area contributed by atoms with E-state index < -0.39 is 47.9 Å². The van der Waals surface area contributed by atoms with Crippen LogP contribution in [-0.4, -0.2) is 62.8 Å². The number of likely N-dealkylation sites (tertiary alicyclic amines) is 1. The van der Waals surface area contributed by atoms with Gasteiger partial charge in [-0.2, -0.15) is 13.2 Å². The van der Waals surface area contributed by atoms with Crippen molar-refractivity contribution < 1.29 is 36.6 Å². The summed E-state index contributed by atoms with van der Waals surface area (Å²) in [6.07, 6.45) is -3.76. The third-order valence-corrected chi connectivity index (χ3v) is 7.19. The lowest BCUT2D eigenvalue weighted by molar-refractivity contribution is -0.145. The minimum atomic E-state index is -4.68. The van der Waals surface area contributed by atoms with Crippen LogP contribution in [0.1, 0.15) is 66.8 Å². The molecule has 42 heavy (non-hydrogen) atoms. The van der Waals surface area contributed by atoms with Gasteiger partial charge in [-0.15, -0.1) is 11.3 Å². The Hall–Kier alpha value is -3.81. The normalized spacial score (nSPS) is 18.4. The molecule has 1 aliphatic rings. The molecule has 1 N–H and O–H groups in total. The van der Waals surface area contributed by atoms with Gasteiger partial charge in [0.25, 0.3) is 5.91 Å². The number of rotatable bonds is 6. The molecule has 0 spiro atoms. The Kier molecular flexibility index (Phi) is 9.04. The topological polar surface area (TPSA) is 107 Å². The van der Waals surface area contributed by atoms with Crippen molar-refractivity contribution >= 4 is 23.3 Å². The summed E-state index contributed by atoms with van der Waals surface area (Å²) in [6, 6.07) is 4.01. The maximum absolute atomic E-state index is 15.2. The van der Waals surface area contributed by atoms with Gasteiger partial charge in [0.1, 0.15) is 22.5 Å². The molecule has 4 rings (SSSR count). The highest BCUT2D eigenvalue weighted by molar-refractivity contribution is 7.14. The molecule has 0 aliphatic carbocycles. The number of alkyl halides is 4. The van der Waals surface area contributed by atoms with Gasteiger partial charge in [-0.3, -0.25) is 4.79 Å². The van der Waals surface area contributed by atoms with Gasteiger partial charge in [0, 0.05) is 53.1 Å². The molecule has 3 aromatic rings. The first-order valence-electron chi connectivity index (χ1n) is 13.2. The summed E-state index contributed by atoms with van der Waals surface area (Å²) >= 11 is 1.40. The predicted octanol–water partition coefficient (Wildman–Crippen LogP) is 6.14. The summed E-state index contributed by atoms with van der Waals surface area (Å²) < 4.78 is 65.0. The van der Waals surface area contributed by atoms with Gasteiger partial charge in [0.2, 0.25) is 5.82 Å². The Morgan fingerprint density at radius 2 is 1.79 bits per heavy atom. The lowest BCUT2D eigenvalue weighted by Crippen LogP contribution is -2.50. The average molecular weight is 610 g/mol. The number of halogens is 4. The minimum absolute atomic E-state index is 0.177. The smallest absolute Gasteiger partial charge is 0.451 e. The van der Waals surface area contributed by atoms with Crippen molar-refractivity contribution in [2.24, 2.45) is 0 Å². The second kappa shape index (κ2) is 12.2. The summed E-state index contributed by atoms with van der Waals surface area (Å²) in [6.45, 7) is 8.69. The van der Waals surface area contributed by atoms with E-state index in [0.29, 0.717) is 10.6 Å². The monoisotopic (exact) mass is 609 g/mol. The highest BCUT2D eigenvalue weighted by Gasteiger charge is 2.36. The Morgan fingerprint density at radius 3 is 2.36 bits per heavy atom. The average Bonchev–Trinajstić information content (AvgIpc) is 3.34. The number of hydrogen-bond donors (Lipinski definition) is 1. The van der Waals surface area contributed by atoms with E-state index >= 15 is 4.39 Å². The van der Waals surface area contributed by atoms with Crippen molar-refractivity contribution in [1.29, 1.82) is 0 Å². The largest absolute Gasteiger partial charge is 0.487 e. The van der Waals surface area contributed by atoms with Crippen LogP contribution >= 0.6 is 11.3 Å². The molecule has 226 valence electrons. The predicted molar refractivity (Wildman–Crippen MR) is 147 cm³/mol. The van der Waals surface area contributed by atoms with Gasteiger partial charge < -0.3 is 19.7 Å². The number of aryl methyl sites for hydroxylation is 1. The maximum atomic E-state index is 15.2. The third kappa shape index (κ3) is 7.93. The van der Waals surface area contributed by atoms with Crippen molar-refractivity contribution in [3.8, 4) is 16.3 Å². The first-order valence-corrected chi connectivity index (χ1v) is 14.0. The van der Waals surface area contributed by atoms with Gasteiger partial charge in [0.15, 0.2) is 6.17 Å². The van der Waals surface area contributed by atoms with Crippen molar-refractivity contribution in [2.75, 3.05) is 13.1 Å². The molecule has 1 aromatic carbocycles. The van der Waals surface area contributed by atoms with Crippen LogP contribution in [0.4, 0.5) is 22.4 Å². The zero-order chi connectivity index (χ0) is 30.8. The molecule has 1 aliphatic heterocycles. The molecule has 9 nitrogen and oxygen atoms in total. The van der Waals surface area contributed by atoms with Crippen molar-refractivity contribution in [3.05, 3.63) is 58.6 Å². The van der Waals surface area contributed by atoms with Gasteiger partial charge in [-0.05, 0) is 52.8 Å². The first-order chi connectivity index (χ1) is 19.6. The molecular formula is C28H31F4N5O4S. The van der Waals surface area contributed by atoms with Crippen LogP contribution < -0.4 is 10.1 Å². The molecule has 3 atom stereocenters. The fraction of sp³-hybridized carbons (Fsp3) is 0.464. The summed E-state index contributed by atoms with van der Waals surface area (Å²) in [5.41, 5.74) is 0.315. The quantitative estimate of drug-likeness (QED) is 0.335. The zero-order valence-corrected chi connectivity index (χ0v) is 24.5. The van der Waals surface area contributed by atoms with Crippen molar-refractivity contribution in [3.63, 3.8) is 0 Å². The van der Waals surface area contributed by atoms with Gasteiger partial charge in [-0.1, -0.05) is 0 Å². The van der Waals surface area contributed by atoms with E-state index in [1.54, 1.807) is 46.0 Å². The van der Waals surface area contributed by atoms with Crippen molar-refractivity contribution in [1.82, 2.24) is 25.2 Å². The van der Waals surface area contributed by atoms with Crippen molar-refractivity contribution in [2.45, 2.75) is 71.1 Å². The Balaban J connectivity index is 1.52. The molecule has 0 saturated carbocycles. The van der Waals surface area contributed by atoms with E-state index in [-0.39, 0.29) is 36.4 Å². The number of piperidine rings is 1. The third-order valence-electron chi connectivity index (χ3n) is 6.23. The molecule has 1 fully saturated rings. The summed E-state index contributed by atoms with van der Waals surface area (Å²) in [5.74, 6) is -1.59. The molecular weight excluding hydrogens is 578 g/mol. The fourth-order valence-electron chi connectivity index (χ4n) is 4.16. The van der Waals surface area contributed by atoms with E-state index in [9.17, 15) is 22.8 Å². The number of ether oxygens (including phenoxy) is 2. The standard InChI is InChI=1S/C28H31F4N5O4S/c1-15-11-33-24(42-15)18-8-17(23(38)36-16(2)19-12-34-25(35-13-19)28(30,31)32)9-20(10-18)40-22-6-7-37(14-21(22)29)26(39)41-27(3,4)5/h8-13,16,21-22H,6-7,14H2,1-5H3,(H,36,38). The van der Waals surface area contributed by atoms with E-state index in [1.807, 2.05) is 6.92 Å². The number of thiazole rings is 1. The van der Waals surface area contributed by atoms with Crippen LogP contribution in [0.3, 0.4) is 0 Å². The van der Waals surface area contributed by atoms with Gasteiger partial charge in [0.05, 0.1) is 12.6 Å². The number of nitrogens with zero attached hydrogens (tertiary/aromatic N) is 4. The number of aromatic nitrogens is 3. The van der Waals surface area contributed by atoms with Gasteiger partial charge >= 0.3 is 12.3 Å². The minimum Gasteiger partial charge on any atom is -0.487 e. The molecule has 0 bridgehead atoms. The molecule has 2 aromatic heterocycles. The number of hydrogen-bond acceptors (Lipinski definition) is 8. The lowest BCUT2D eigenvalue weighted by Gasteiger charge is -2.35. The highest BCUT2D eigenvalue weighted by Crippen LogP contribution is 2.32. The van der Waals surface area contributed by atoms with E-state index in [1.165, 1.54) is 22.3 Å². The zero-order valence-electron chi connectivity index (χ0n) is 23.7. The SMILES string of the molecule is Cc1cnc(-c2cc(OC3CCN(C(=O)OC(C)(C)C)CC3F)cc(C(=O)NC(C)c3cnc(C(F)(F)F)nc3)c2)s1. The van der Waals surface area contributed by atoms with Crippen LogP contribution in [0.15, 0.2) is 36.8 Å². The second-order valence-corrected chi connectivity index (χ2v) is 12.2. The Bertz CT molecular complexity index is 1420. The van der Waals surface area contributed by atoms with E-state index in [4.69, 9.17) is 9.47 Å². The Labute approximate surface area is 244 Å². The lowest BCUT2D eigenvalue weighted by atomic mass is 10.1. The number of benzene rings is 1. The summed E-state index contributed by atoms with van der Waals surface area (Å²) in [5, 5.41) is 3.34. The van der Waals surface area contributed by atoms with Crippen LogP contribution in [-0.2, 0) is 10.9 Å². The molecule has 0 radical (unpaired) electrons. The number of carbonyl (C=O) groups is 2. The van der Waals surface area contributed by atoms with E-state index in [2.05, 4.69) is 20.3 Å². The van der Waals surface area contributed by atoms with E-state index in [0.717, 1.165) is 17.3 Å². The fourth-order valence-corrected chi connectivity index (χ4v) is 4.92. The molecule has 3 heterocycles. The van der Waals surface area contributed by atoms with Gasteiger partial charge in [-0.25, -0.2) is 24.1 Å². The molecule has 2 amide bonds. The number of nitrogens with one attached hydrogen (secondary N) is 1. The summed E-state index contributed by atoms with van der Waals surface area (Å²) in [7, 11) is 0.